The van der Waals surface area contributed by atoms with Gasteiger partial charge in [0, 0.05) is 6.07 Å². The molecule has 6 heteroatoms. The van der Waals surface area contributed by atoms with Crippen molar-refractivity contribution >= 4 is 5.65 Å². The van der Waals surface area contributed by atoms with Crippen molar-refractivity contribution in [2.45, 2.75) is 6.92 Å². The summed E-state index contributed by atoms with van der Waals surface area (Å²) in [4.78, 5) is 26.3. The van der Waals surface area contributed by atoms with Crippen LogP contribution in [0.5, 0.6) is 0 Å². The first-order valence-electron chi connectivity index (χ1n) is 3.36. The van der Waals surface area contributed by atoms with Crippen LogP contribution in [0.15, 0.2) is 15.7 Å². The minimum absolute atomic E-state index is 0.404. The van der Waals surface area contributed by atoms with Crippen molar-refractivity contribution < 1.29 is 0 Å². The summed E-state index contributed by atoms with van der Waals surface area (Å²) < 4.78 is 1.11. The maximum absolute atomic E-state index is 11.0. The van der Waals surface area contributed by atoms with E-state index in [1.165, 1.54) is 0 Å². The van der Waals surface area contributed by atoms with E-state index in [9.17, 15) is 9.59 Å². The summed E-state index contributed by atoms with van der Waals surface area (Å²) in [5, 5.41) is 3.86. The molecule has 0 atom stereocenters. The van der Waals surface area contributed by atoms with Crippen LogP contribution in [0, 0.1) is 6.92 Å². The molecule has 0 saturated carbocycles. The molecule has 0 aromatic carbocycles. The molecule has 0 aliphatic carbocycles. The first-order chi connectivity index (χ1) is 5.66. The fourth-order valence-electron chi connectivity index (χ4n) is 1.04. The third-order valence-electron chi connectivity index (χ3n) is 1.49. The van der Waals surface area contributed by atoms with Gasteiger partial charge in [-0.25, -0.2) is 9.59 Å². The second kappa shape index (κ2) is 2.07. The smallest absolute Gasteiger partial charge is 0.292 e. The van der Waals surface area contributed by atoms with Crippen molar-refractivity contribution in [2.75, 3.05) is 0 Å². The lowest BCUT2D eigenvalue weighted by molar-refractivity contribution is 0.811. The number of hydrogen-bond donors (Lipinski definition) is 2. The zero-order chi connectivity index (χ0) is 8.72. The molecule has 2 heterocycles. The Balaban J connectivity index is 3.08. The van der Waals surface area contributed by atoms with Gasteiger partial charge in [0.15, 0.2) is 0 Å². The minimum Gasteiger partial charge on any atom is -0.292 e. The number of aromatic amines is 2. The Bertz CT molecular complexity index is 532. The van der Waals surface area contributed by atoms with Gasteiger partial charge in [-0.05, 0) is 6.92 Å². The van der Waals surface area contributed by atoms with E-state index < -0.39 is 11.4 Å². The van der Waals surface area contributed by atoms with Gasteiger partial charge >= 0.3 is 11.4 Å². The molecule has 0 amide bonds. The molecular weight excluding hydrogens is 160 g/mol. The molecule has 0 spiro atoms. The highest BCUT2D eigenvalue weighted by Crippen LogP contribution is 1.94. The van der Waals surface area contributed by atoms with Crippen molar-refractivity contribution in [3.05, 3.63) is 32.7 Å². The summed E-state index contributed by atoms with van der Waals surface area (Å²) in [6.07, 6.45) is 0. The van der Waals surface area contributed by atoms with Gasteiger partial charge in [-0.15, -0.1) is 0 Å². The van der Waals surface area contributed by atoms with Crippen LogP contribution in [0.2, 0.25) is 0 Å². The zero-order valence-corrected chi connectivity index (χ0v) is 6.29. The standard InChI is InChI=1S/C6H6N4O2/c1-3-2-4-7-5(11)8-6(12)10(4)9-3/h2H,1H3,(H2,7,8,11,12). The maximum atomic E-state index is 11.0. The largest absolute Gasteiger partial charge is 0.352 e. The van der Waals surface area contributed by atoms with Gasteiger partial charge in [0.2, 0.25) is 0 Å². The van der Waals surface area contributed by atoms with Crippen LogP contribution in [0.25, 0.3) is 5.65 Å². The predicted molar refractivity (Wildman–Crippen MR) is 41.2 cm³/mol. The number of hydrogen-bond acceptors (Lipinski definition) is 3. The third kappa shape index (κ3) is 0.849. The van der Waals surface area contributed by atoms with Gasteiger partial charge < -0.3 is 0 Å². The fourth-order valence-corrected chi connectivity index (χ4v) is 1.04. The molecule has 0 aliphatic rings. The van der Waals surface area contributed by atoms with Crippen molar-refractivity contribution in [1.82, 2.24) is 19.6 Å². The van der Waals surface area contributed by atoms with Gasteiger partial charge in [0.05, 0.1) is 5.69 Å². The monoisotopic (exact) mass is 166 g/mol. The fraction of sp³-hybridized carbons (Fsp3) is 0.167. The Morgan fingerprint density at radius 2 is 2.17 bits per heavy atom. The van der Waals surface area contributed by atoms with Gasteiger partial charge in [-0.3, -0.25) is 9.97 Å². The summed E-state index contributed by atoms with van der Waals surface area (Å²) in [6, 6.07) is 1.62. The van der Waals surface area contributed by atoms with Gasteiger partial charge in [-0.2, -0.15) is 9.61 Å². The number of aromatic nitrogens is 4. The highest BCUT2D eigenvalue weighted by molar-refractivity contribution is 5.36. The second-order valence-electron chi connectivity index (χ2n) is 2.47. The van der Waals surface area contributed by atoms with Crippen LogP contribution in [0.4, 0.5) is 0 Å². The number of nitrogens with zero attached hydrogens (tertiary/aromatic N) is 2. The zero-order valence-electron chi connectivity index (χ0n) is 6.29. The summed E-state index contributed by atoms with van der Waals surface area (Å²) in [5.41, 5.74) is 0.0397. The molecule has 0 fully saturated rings. The Hall–Kier alpha value is -1.85. The van der Waals surface area contributed by atoms with E-state index in [0.29, 0.717) is 11.3 Å². The molecule has 0 saturated heterocycles. The molecule has 6 nitrogen and oxygen atoms in total. The van der Waals surface area contributed by atoms with Crippen molar-refractivity contribution in [1.29, 1.82) is 0 Å². The molecule has 62 valence electrons. The minimum atomic E-state index is -0.526. The van der Waals surface area contributed by atoms with Crippen LogP contribution in [0.1, 0.15) is 5.69 Å². The van der Waals surface area contributed by atoms with E-state index in [1.807, 2.05) is 0 Å². The van der Waals surface area contributed by atoms with Gasteiger partial charge in [0.1, 0.15) is 5.65 Å². The average molecular weight is 166 g/mol. The van der Waals surface area contributed by atoms with E-state index in [4.69, 9.17) is 0 Å². The average Bonchev–Trinajstić information content (AvgIpc) is 2.29. The van der Waals surface area contributed by atoms with Crippen molar-refractivity contribution in [3.8, 4) is 0 Å². The highest BCUT2D eigenvalue weighted by Gasteiger charge is 2.00. The molecule has 2 aromatic heterocycles. The number of fused-ring (bicyclic) bond motifs is 1. The predicted octanol–water partition coefficient (Wildman–Crippen LogP) is -0.981. The topological polar surface area (TPSA) is 83.0 Å². The molecule has 2 N–H and O–H groups in total. The first kappa shape index (κ1) is 6.84. The Morgan fingerprint density at radius 3 is 2.92 bits per heavy atom. The van der Waals surface area contributed by atoms with E-state index in [0.717, 1.165) is 4.52 Å². The quantitative estimate of drug-likeness (QED) is 0.527. The summed E-state index contributed by atoms with van der Waals surface area (Å²) in [6.45, 7) is 1.74. The molecule has 0 aliphatic heterocycles. The molecular formula is C6H6N4O2. The molecule has 0 bridgehead atoms. The highest BCUT2D eigenvalue weighted by atomic mass is 16.2. The Kier molecular flexibility index (Phi) is 1.18. The number of nitrogens with one attached hydrogen (secondary N) is 2. The lowest BCUT2D eigenvalue weighted by Crippen LogP contribution is -2.28. The summed E-state index contributed by atoms with van der Waals surface area (Å²) >= 11 is 0. The Morgan fingerprint density at radius 1 is 1.42 bits per heavy atom. The Labute approximate surface area is 65.9 Å². The van der Waals surface area contributed by atoms with Crippen LogP contribution < -0.4 is 11.4 Å². The summed E-state index contributed by atoms with van der Waals surface area (Å²) in [7, 11) is 0. The van der Waals surface area contributed by atoms with Crippen molar-refractivity contribution in [2.24, 2.45) is 0 Å². The van der Waals surface area contributed by atoms with E-state index in [-0.39, 0.29) is 0 Å². The molecule has 12 heavy (non-hydrogen) atoms. The molecule has 2 aromatic rings. The summed E-state index contributed by atoms with van der Waals surface area (Å²) in [5.74, 6) is 0. The third-order valence-corrected chi connectivity index (χ3v) is 1.49. The molecule has 0 radical (unpaired) electrons. The SMILES string of the molecule is Cc1cc2[nH]c(=O)[nH]c(=O)n2n1. The number of aryl methyl sites for hydroxylation is 1. The van der Waals surface area contributed by atoms with Crippen LogP contribution >= 0.6 is 0 Å². The number of H-pyrrole nitrogens is 2. The van der Waals surface area contributed by atoms with E-state index in [2.05, 4.69) is 15.1 Å². The molecule has 2 rings (SSSR count). The van der Waals surface area contributed by atoms with Gasteiger partial charge in [-0.1, -0.05) is 0 Å². The van der Waals surface area contributed by atoms with E-state index >= 15 is 0 Å². The lowest BCUT2D eigenvalue weighted by atomic mass is 10.5. The normalized spacial score (nSPS) is 10.8. The maximum Gasteiger partial charge on any atom is 0.352 e. The number of rotatable bonds is 0. The lowest BCUT2D eigenvalue weighted by Gasteiger charge is -1.87. The van der Waals surface area contributed by atoms with Crippen LogP contribution in [-0.4, -0.2) is 19.6 Å². The first-order valence-corrected chi connectivity index (χ1v) is 3.36. The molecule has 0 unspecified atom stereocenters. The van der Waals surface area contributed by atoms with Crippen LogP contribution in [0.3, 0.4) is 0 Å². The second-order valence-corrected chi connectivity index (χ2v) is 2.47. The van der Waals surface area contributed by atoms with Gasteiger partial charge in [0.25, 0.3) is 0 Å². The van der Waals surface area contributed by atoms with E-state index in [1.54, 1.807) is 13.0 Å². The van der Waals surface area contributed by atoms with Crippen molar-refractivity contribution in [3.63, 3.8) is 0 Å². The van der Waals surface area contributed by atoms with Crippen LogP contribution in [-0.2, 0) is 0 Å².